The molecule has 0 amide bonds. The van der Waals surface area contributed by atoms with Gasteiger partial charge in [-0.05, 0) is 48.6 Å². The van der Waals surface area contributed by atoms with Crippen molar-refractivity contribution in [2.45, 2.75) is 19.3 Å². The average molecular weight is 312 g/mol. The highest BCUT2D eigenvalue weighted by atomic mass is 16.5. The Bertz CT molecular complexity index is 690. The SMILES string of the molecule is COc1cc(/C=C(\CCCc2ccccc2)C(=O)O)ccc1O. The van der Waals surface area contributed by atoms with Gasteiger partial charge in [0, 0.05) is 5.57 Å². The summed E-state index contributed by atoms with van der Waals surface area (Å²) in [5.41, 5.74) is 2.23. The Hall–Kier alpha value is -2.75. The second-order valence-corrected chi connectivity index (χ2v) is 5.25. The van der Waals surface area contributed by atoms with Crippen molar-refractivity contribution in [3.8, 4) is 11.5 Å². The number of carbonyl (C=O) groups is 1. The van der Waals surface area contributed by atoms with Crippen LogP contribution in [0.25, 0.3) is 6.08 Å². The van der Waals surface area contributed by atoms with Crippen LogP contribution in [0.1, 0.15) is 24.0 Å². The van der Waals surface area contributed by atoms with E-state index in [0.717, 1.165) is 12.8 Å². The third-order valence-corrected chi connectivity index (χ3v) is 3.57. The minimum Gasteiger partial charge on any atom is -0.504 e. The number of aromatic hydroxyl groups is 1. The maximum atomic E-state index is 11.4. The van der Waals surface area contributed by atoms with Crippen molar-refractivity contribution in [3.63, 3.8) is 0 Å². The number of hydrogen-bond donors (Lipinski definition) is 2. The molecule has 0 radical (unpaired) electrons. The number of methoxy groups -OCH3 is 1. The second kappa shape index (κ2) is 8.03. The van der Waals surface area contributed by atoms with Crippen molar-refractivity contribution in [3.05, 3.63) is 65.2 Å². The van der Waals surface area contributed by atoms with Gasteiger partial charge < -0.3 is 14.9 Å². The fourth-order valence-corrected chi connectivity index (χ4v) is 2.35. The predicted molar refractivity (Wildman–Crippen MR) is 89.7 cm³/mol. The Kier molecular flexibility index (Phi) is 5.80. The average Bonchev–Trinajstić information content (AvgIpc) is 2.56. The molecule has 0 bridgehead atoms. The molecule has 0 saturated heterocycles. The Morgan fingerprint density at radius 1 is 1.17 bits per heavy atom. The Labute approximate surface area is 135 Å². The van der Waals surface area contributed by atoms with Crippen molar-refractivity contribution in [1.29, 1.82) is 0 Å². The third-order valence-electron chi connectivity index (χ3n) is 3.57. The van der Waals surface area contributed by atoms with Gasteiger partial charge in [0.1, 0.15) is 0 Å². The zero-order valence-electron chi connectivity index (χ0n) is 13.0. The van der Waals surface area contributed by atoms with E-state index in [1.54, 1.807) is 18.2 Å². The minimum atomic E-state index is -0.926. The Balaban J connectivity index is 2.07. The highest BCUT2D eigenvalue weighted by Crippen LogP contribution is 2.27. The van der Waals surface area contributed by atoms with Crippen molar-refractivity contribution in [2.24, 2.45) is 0 Å². The van der Waals surface area contributed by atoms with E-state index < -0.39 is 5.97 Å². The van der Waals surface area contributed by atoms with Gasteiger partial charge in [0.15, 0.2) is 11.5 Å². The largest absolute Gasteiger partial charge is 0.504 e. The molecule has 2 aromatic carbocycles. The van der Waals surface area contributed by atoms with E-state index in [9.17, 15) is 15.0 Å². The molecule has 0 aliphatic carbocycles. The van der Waals surface area contributed by atoms with Crippen molar-refractivity contribution < 1.29 is 19.7 Å². The monoisotopic (exact) mass is 312 g/mol. The molecular weight excluding hydrogens is 292 g/mol. The number of phenols is 1. The molecule has 2 rings (SSSR count). The van der Waals surface area contributed by atoms with Gasteiger partial charge >= 0.3 is 5.97 Å². The minimum absolute atomic E-state index is 0.0330. The Morgan fingerprint density at radius 2 is 1.91 bits per heavy atom. The number of carboxylic acid groups (broad SMARTS) is 1. The molecule has 0 aromatic heterocycles. The van der Waals surface area contributed by atoms with E-state index >= 15 is 0 Å². The predicted octanol–water partition coefficient (Wildman–Crippen LogP) is 3.89. The molecule has 0 heterocycles. The molecule has 0 fully saturated rings. The number of ether oxygens (including phenoxy) is 1. The van der Waals surface area contributed by atoms with E-state index in [1.165, 1.54) is 18.7 Å². The van der Waals surface area contributed by atoms with Gasteiger partial charge in [0.25, 0.3) is 0 Å². The molecule has 4 nitrogen and oxygen atoms in total. The van der Waals surface area contributed by atoms with E-state index in [1.807, 2.05) is 30.3 Å². The van der Waals surface area contributed by atoms with Crippen LogP contribution in [0.3, 0.4) is 0 Å². The fourth-order valence-electron chi connectivity index (χ4n) is 2.35. The van der Waals surface area contributed by atoms with Crippen LogP contribution >= 0.6 is 0 Å². The number of hydrogen-bond acceptors (Lipinski definition) is 3. The molecule has 0 saturated carbocycles. The van der Waals surface area contributed by atoms with Gasteiger partial charge in [-0.3, -0.25) is 0 Å². The van der Waals surface area contributed by atoms with Crippen molar-refractivity contribution in [1.82, 2.24) is 0 Å². The van der Waals surface area contributed by atoms with E-state index in [4.69, 9.17) is 4.74 Å². The van der Waals surface area contributed by atoms with E-state index in [2.05, 4.69) is 0 Å². The molecule has 4 heteroatoms. The number of rotatable bonds is 7. The van der Waals surface area contributed by atoms with Crippen LogP contribution < -0.4 is 4.74 Å². The number of aryl methyl sites for hydroxylation is 1. The van der Waals surface area contributed by atoms with Gasteiger partial charge in [-0.2, -0.15) is 0 Å². The summed E-state index contributed by atoms with van der Waals surface area (Å²) in [5.74, 6) is -0.566. The van der Waals surface area contributed by atoms with Crippen molar-refractivity contribution in [2.75, 3.05) is 7.11 Å². The molecule has 0 spiro atoms. The second-order valence-electron chi connectivity index (χ2n) is 5.25. The van der Waals surface area contributed by atoms with Crippen LogP contribution in [0.5, 0.6) is 11.5 Å². The van der Waals surface area contributed by atoms with Gasteiger partial charge in [-0.1, -0.05) is 36.4 Å². The summed E-state index contributed by atoms with van der Waals surface area (Å²) in [6, 6.07) is 14.8. The standard InChI is InChI=1S/C19H20O4/c1-23-18-13-15(10-11-17(18)20)12-16(19(21)22)9-5-8-14-6-3-2-4-7-14/h2-4,6-7,10-13,20H,5,8-9H2,1H3,(H,21,22)/b16-12+. The molecule has 2 N–H and O–H groups in total. The molecule has 0 atom stereocenters. The maximum absolute atomic E-state index is 11.4. The van der Waals surface area contributed by atoms with Crippen LogP contribution in [0.2, 0.25) is 0 Å². The smallest absolute Gasteiger partial charge is 0.331 e. The molecular formula is C19H20O4. The number of phenolic OH excluding ortho intramolecular Hbond substituents is 1. The lowest BCUT2D eigenvalue weighted by Gasteiger charge is -2.06. The highest BCUT2D eigenvalue weighted by Gasteiger charge is 2.09. The molecule has 23 heavy (non-hydrogen) atoms. The van der Waals surface area contributed by atoms with Gasteiger partial charge in [0.2, 0.25) is 0 Å². The summed E-state index contributed by atoms with van der Waals surface area (Å²) in [6.07, 6.45) is 3.70. The van der Waals surface area contributed by atoms with Crippen LogP contribution in [0, 0.1) is 0 Å². The van der Waals surface area contributed by atoms with Gasteiger partial charge in [0.05, 0.1) is 7.11 Å². The third kappa shape index (κ3) is 4.88. The zero-order valence-corrected chi connectivity index (χ0v) is 13.0. The highest BCUT2D eigenvalue weighted by molar-refractivity contribution is 5.92. The lowest BCUT2D eigenvalue weighted by Crippen LogP contribution is -2.01. The molecule has 0 unspecified atom stereocenters. The normalized spacial score (nSPS) is 11.3. The van der Waals surface area contributed by atoms with Gasteiger partial charge in [-0.25, -0.2) is 4.79 Å². The van der Waals surface area contributed by atoms with Gasteiger partial charge in [-0.15, -0.1) is 0 Å². The quantitative estimate of drug-likeness (QED) is 0.761. The molecule has 120 valence electrons. The lowest BCUT2D eigenvalue weighted by molar-refractivity contribution is -0.132. The number of aliphatic carboxylic acids is 1. The van der Waals surface area contributed by atoms with Crippen LogP contribution in [0.4, 0.5) is 0 Å². The topological polar surface area (TPSA) is 66.8 Å². The maximum Gasteiger partial charge on any atom is 0.331 e. The first kappa shape index (κ1) is 16.6. The fraction of sp³-hybridized carbons (Fsp3) is 0.211. The van der Waals surface area contributed by atoms with Crippen LogP contribution in [-0.4, -0.2) is 23.3 Å². The van der Waals surface area contributed by atoms with E-state index in [-0.39, 0.29) is 5.75 Å². The number of benzene rings is 2. The first-order valence-corrected chi connectivity index (χ1v) is 7.45. The van der Waals surface area contributed by atoms with E-state index in [0.29, 0.717) is 23.3 Å². The molecule has 0 aliphatic heterocycles. The first-order valence-electron chi connectivity index (χ1n) is 7.45. The summed E-state index contributed by atoms with van der Waals surface area (Å²) in [5, 5.41) is 18.9. The zero-order chi connectivity index (χ0) is 16.7. The van der Waals surface area contributed by atoms with Crippen LogP contribution in [0.15, 0.2) is 54.1 Å². The van der Waals surface area contributed by atoms with Crippen LogP contribution in [-0.2, 0) is 11.2 Å². The van der Waals surface area contributed by atoms with Crippen molar-refractivity contribution >= 4 is 12.0 Å². The summed E-state index contributed by atoms with van der Waals surface area (Å²) < 4.78 is 5.04. The summed E-state index contributed by atoms with van der Waals surface area (Å²) in [4.78, 5) is 11.4. The summed E-state index contributed by atoms with van der Waals surface area (Å²) in [7, 11) is 1.46. The molecule has 2 aromatic rings. The Morgan fingerprint density at radius 3 is 2.57 bits per heavy atom. The number of carboxylic acids is 1. The summed E-state index contributed by atoms with van der Waals surface area (Å²) >= 11 is 0. The molecule has 0 aliphatic rings. The first-order chi connectivity index (χ1) is 11.1. The lowest BCUT2D eigenvalue weighted by atomic mass is 10.0. The summed E-state index contributed by atoms with van der Waals surface area (Å²) in [6.45, 7) is 0.